The summed E-state index contributed by atoms with van der Waals surface area (Å²) in [6, 6.07) is 4.34. The van der Waals surface area contributed by atoms with E-state index in [2.05, 4.69) is 5.32 Å². The largest absolute Gasteiger partial charge is 0.496 e. The van der Waals surface area contributed by atoms with E-state index in [9.17, 15) is 9.59 Å². The Morgan fingerprint density at radius 3 is 2.94 bits per heavy atom. The van der Waals surface area contributed by atoms with Crippen molar-refractivity contribution in [3.8, 4) is 5.75 Å². The maximum atomic E-state index is 11.9. The number of carboxylic acid groups (broad SMARTS) is 1. The first kappa shape index (κ1) is 11.4. The molecule has 0 fully saturated rings. The minimum atomic E-state index is -1.01. The van der Waals surface area contributed by atoms with Gasteiger partial charge in [-0.05, 0) is 25.0 Å². The minimum absolute atomic E-state index is 0.358. The Bertz CT molecular complexity index is 470. The van der Waals surface area contributed by atoms with Gasteiger partial charge < -0.3 is 15.2 Å². The van der Waals surface area contributed by atoms with E-state index in [0.29, 0.717) is 24.2 Å². The third kappa shape index (κ3) is 2.08. The standard InChI is InChI=1S/C12H13NO4/c1-17-10-4-2-3-8-7(10)5-6-9(12(15)16)13-11(8)14/h2-4,9H,5-6H2,1H3,(H,13,14)(H,15,16). The van der Waals surface area contributed by atoms with Gasteiger partial charge in [-0.1, -0.05) is 6.07 Å². The molecule has 0 radical (unpaired) electrons. The monoisotopic (exact) mass is 235 g/mol. The molecule has 0 aromatic heterocycles. The third-order valence-electron chi connectivity index (χ3n) is 2.88. The van der Waals surface area contributed by atoms with Crippen molar-refractivity contribution in [3.05, 3.63) is 29.3 Å². The van der Waals surface area contributed by atoms with Crippen LogP contribution in [-0.4, -0.2) is 30.1 Å². The number of rotatable bonds is 2. The Kier molecular flexibility index (Phi) is 2.99. The van der Waals surface area contributed by atoms with Crippen LogP contribution >= 0.6 is 0 Å². The summed E-state index contributed by atoms with van der Waals surface area (Å²) >= 11 is 0. The number of ether oxygens (including phenoxy) is 1. The van der Waals surface area contributed by atoms with Gasteiger partial charge in [-0.15, -0.1) is 0 Å². The summed E-state index contributed by atoms with van der Waals surface area (Å²) in [6.45, 7) is 0. The zero-order chi connectivity index (χ0) is 12.4. The molecule has 1 aliphatic rings. The van der Waals surface area contributed by atoms with Gasteiger partial charge in [0, 0.05) is 11.1 Å². The number of nitrogens with one attached hydrogen (secondary N) is 1. The van der Waals surface area contributed by atoms with Crippen molar-refractivity contribution in [1.29, 1.82) is 0 Å². The van der Waals surface area contributed by atoms with Crippen molar-refractivity contribution in [3.63, 3.8) is 0 Å². The number of methoxy groups -OCH3 is 1. The van der Waals surface area contributed by atoms with Crippen molar-refractivity contribution in [2.24, 2.45) is 0 Å². The average molecular weight is 235 g/mol. The van der Waals surface area contributed by atoms with E-state index in [1.54, 1.807) is 18.2 Å². The molecule has 0 saturated carbocycles. The summed E-state index contributed by atoms with van der Waals surface area (Å²) in [7, 11) is 1.53. The number of carbonyl (C=O) groups excluding carboxylic acids is 1. The Labute approximate surface area is 98.4 Å². The molecule has 1 aromatic carbocycles. The molecule has 0 aliphatic carbocycles. The zero-order valence-corrected chi connectivity index (χ0v) is 9.40. The van der Waals surface area contributed by atoms with Crippen LogP contribution in [0.25, 0.3) is 0 Å². The van der Waals surface area contributed by atoms with E-state index in [1.807, 2.05) is 0 Å². The van der Waals surface area contributed by atoms with Gasteiger partial charge in [-0.25, -0.2) is 4.79 Å². The molecule has 1 atom stereocenters. The number of carbonyl (C=O) groups is 2. The summed E-state index contributed by atoms with van der Waals surface area (Å²) in [5.41, 5.74) is 1.27. The predicted octanol–water partition coefficient (Wildman–Crippen LogP) is 0.824. The molecule has 2 rings (SSSR count). The van der Waals surface area contributed by atoms with Crippen LogP contribution in [-0.2, 0) is 11.2 Å². The predicted molar refractivity (Wildman–Crippen MR) is 60.2 cm³/mol. The topological polar surface area (TPSA) is 75.6 Å². The fraction of sp³-hybridized carbons (Fsp3) is 0.333. The van der Waals surface area contributed by atoms with Crippen LogP contribution in [0.4, 0.5) is 0 Å². The molecule has 2 N–H and O–H groups in total. The van der Waals surface area contributed by atoms with E-state index < -0.39 is 12.0 Å². The van der Waals surface area contributed by atoms with E-state index in [4.69, 9.17) is 9.84 Å². The molecule has 5 heteroatoms. The van der Waals surface area contributed by atoms with Crippen LogP contribution < -0.4 is 10.1 Å². The quantitative estimate of drug-likeness (QED) is 0.796. The smallest absolute Gasteiger partial charge is 0.326 e. The molecule has 0 spiro atoms. The lowest BCUT2D eigenvalue weighted by atomic mass is 10.0. The molecule has 1 aliphatic heterocycles. The molecular weight excluding hydrogens is 222 g/mol. The Morgan fingerprint density at radius 1 is 1.53 bits per heavy atom. The van der Waals surface area contributed by atoms with Crippen molar-refractivity contribution in [2.75, 3.05) is 7.11 Å². The fourth-order valence-electron chi connectivity index (χ4n) is 2.01. The highest BCUT2D eigenvalue weighted by Gasteiger charge is 2.27. The van der Waals surface area contributed by atoms with Crippen molar-refractivity contribution < 1.29 is 19.4 Å². The lowest BCUT2D eigenvalue weighted by molar-refractivity contribution is -0.139. The molecule has 17 heavy (non-hydrogen) atoms. The number of hydrogen-bond acceptors (Lipinski definition) is 3. The summed E-state index contributed by atoms with van der Waals surface area (Å²) < 4.78 is 5.18. The van der Waals surface area contributed by atoms with Gasteiger partial charge in [0.25, 0.3) is 5.91 Å². The zero-order valence-electron chi connectivity index (χ0n) is 9.40. The maximum absolute atomic E-state index is 11.9. The highest BCUT2D eigenvalue weighted by Crippen LogP contribution is 2.26. The van der Waals surface area contributed by atoms with E-state index in [0.717, 1.165) is 5.56 Å². The van der Waals surface area contributed by atoms with Crippen LogP contribution in [0.3, 0.4) is 0 Å². The van der Waals surface area contributed by atoms with Crippen molar-refractivity contribution >= 4 is 11.9 Å². The lowest BCUT2D eigenvalue weighted by Crippen LogP contribution is -2.39. The third-order valence-corrected chi connectivity index (χ3v) is 2.88. The summed E-state index contributed by atoms with van der Waals surface area (Å²) in [5.74, 6) is -0.738. The molecule has 5 nitrogen and oxygen atoms in total. The van der Waals surface area contributed by atoms with Crippen LogP contribution in [0.2, 0.25) is 0 Å². The lowest BCUT2D eigenvalue weighted by Gasteiger charge is -2.09. The highest BCUT2D eigenvalue weighted by atomic mass is 16.5. The van der Waals surface area contributed by atoms with Gasteiger partial charge in [-0.3, -0.25) is 4.79 Å². The number of hydrogen-bond donors (Lipinski definition) is 2. The first-order valence-corrected chi connectivity index (χ1v) is 5.33. The summed E-state index contributed by atoms with van der Waals surface area (Å²) in [4.78, 5) is 22.8. The van der Waals surface area contributed by atoms with Gasteiger partial charge in [0.15, 0.2) is 0 Å². The SMILES string of the molecule is COc1cccc2c1CCC(C(=O)O)NC2=O. The van der Waals surface area contributed by atoms with E-state index >= 15 is 0 Å². The van der Waals surface area contributed by atoms with E-state index in [1.165, 1.54) is 7.11 Å². The number of benzene rings is 1. The summed E-state index contributed by atoms with van der Waals surface area (Å²) in [5, 5.41) is 11.4. The van der Waals surface area contributed by atoms with Crippen LogP contribution in [0.1, 0.15) is 22.3 Å². The van der Waals surface area contributed by atoms with Crippen molar-refractivity contribution in [2.45, 2.75) is 18.9 Å². The van der Waals surface area contributed by atoms with Gasteiger partial charge in [0.2, 0.25) is 0 Å². The maximum Gasteiger partial charge on any atom is 0.326 e. The fourth-order valence-corrected chi connectivity index (χ4v) is 2.01. The van der Waals surface area contributed by atoms with Crippen LogP contribution in [0.5, 0.6) is 5.75 Å². The van der Waals surface area contributed by atoms with Gasteiger partial charge in [0.1, 0.15) is 11.8 Å². The molecule has 1 amide bonds. The molecule has 1 heterocycles. The molecule has 1 aromatic rings. The van der Waals surface area contributed by atoms with Gasteiger partial charge in [0.05, 0.1) is 7.11 Å². The van der Waals surface area contributed by atoms with Crippen LogP contribution in [0.15, 0.2) is 18.2 Å². The Hall–Kier alpha value is -2.04. The number of fused-ring (bicyclic) bond motifs is 1. The number of aliphatic carboxylic acids is 1. The first-order chi connectivity index (χ1) is 8.13. The van der Waals surface area contributed by atoms with Gasteiger partial charge in [-0.2, -0.15) is 0 Å². The van der Waals surface area contributed by atoms with Gasteiger partial charge >= 0.3 is 5.97 Å². The average Bonchev–Trinajstić information content (AvgIpc) is 2.49. The second-order valence-corrected chi connectivity index (χ2v) is 3.89. The molecule has 0 saturated heterocycles. The second kappa shape index (κ2) is 4.45. The van der Waals surface area contributed by atoms with E-state index in [-0.39, 0.29) is 5.91 Å². The first-order valence-electron chi connectivity index (χ1n) is 5.33. The minimum Gasteiger partial charge on any atom is -0.496 e. The molecule has 0 bridgehead atoms. The molecule has 1 unspecified atom stereocenters. The normalized spacial score (nSPS) is 18.9. The Balaban J connectivity index is 2.40. The summed E-state index contributed by atoms with van der Waals surface area (Å²) in [6.07, 6.45) is 0.878. The number of amides is 1. The van der Waals surface area contributed by atoms with Crippen LogP contribution in [0, 0.1) is 0 Å². The molecule has 90 valence electrons. The Morgan fingerprint density at radius 2 is 2.29 bits per heavy atom. The second-order valence-electron chi connectivity index (χ2n) is 3.89. The number of carboxylic acids is 1. The molecular formula is C12H13NO4. The highest BCUT2D eigenvalue weighted by molar-refractivity contribution is 5.99. The van der Waals surface area contributed by atoms with Crippen molar-refractivity contribution in [1.82, 2.24) is 5.32 Å².